The van der Waals surface area contributed by atoms with Crippen molar-refractivity contribution in [3.63, 3.8) is 0 Å². The van der Waals surface area contributed by atoms with Crippen molar-refractivity contribution in [3.05, 3.63) is 63.6 Å². The van der Waals surface area contributed by atoms with E-state index >= 15 is 0 Å². The third-order valence-corrected chi connectivity index (χ3v) is 2.89. The number of benzene rings is 2. The van der Waals surface area contributed by atoms with E-state index in [-0.39, 0.29) is 5.75 Å². The van der Waals surface area contributed by atoms with Crippen molar-refractivity contribution < 1.29 is 9.53 Å². The van der Waals surface area contributed by atoms with Crippen LogP contribution in [0.3, 0.4) is 0 Å². The van der Waals surface area contributed by atoms with E-state index in [1.807, 2.05) is 6.07 Å². The molecule has 0 radical (unpaired) electrons. The van der Waals surface area contributed by atoms with Crippen molar-refractivity contribution in [2.24, 2.45) is 0 Å². The highest BCUT2D eigenvalue weighted by Gasteiger charge is 2.11. The van der Waals surface area contributed by atoms with Gasteiger partial charge in [0.1, 0.15) is 0 Å². The summed E-state index contributed by atoms with van der Waals surface area (Å²) in [6.45, 7) is 0. The lowest BCUT2D eigenvalue weighted by atomic mass is 10.1. The van der Waals surface area contributed by atoms with Crippen LogP contribution in [0.2, 0.25) is 10.0 Å². The van der Waals surface area contributed by atoms with Crippen LogP contribution in [0.1, 0.15) is 15.9 Å². The number of rotatable bonds is 2. The second kappa shape index (κ2) is 5.75. The molecule has 0 saturated carbocycles. The summed E-state index contributed by atoms with van der Waals surface area (Å²) in [4.78, 5) is 11.9. The quantitative estimate of drug-likeness (QED) is 0.619. The van der Waals surface area contributed by atoms with Crippen LogP contribution in [0.4, 0.5) is 0 Å². The summed E-state index contributed by atoms with van der Waals surface area (Å²) in [7, 11) is 0. The van der Waals surface area contributed by atoms with Crippen LogP contribution in [0, 0.1) is 11.3 Å². The Morgan fingerprint density at radius 3 is 2.42 bits per heavy atom. The van der Waals surface area contributed by atoms with Crippen LogP contribution < -0.4 is 4.74 Å². The van der Waals surface area contributed by atoms with Gasteiger partial charge in [-0.25, -0.2) is 4.79 Å². The smallest absolute Gasteiger partial charge is 0.343 e. The zero-order chi connectivity index (χ0) is 13.8. The van der Waals surface area contributed by atoms with E-state index in [2.05, 4.69) is 0 Å². The van der Waals surface area contributed by atoms with Crippen LogP contribution in [0.25, 0.3) is 0 Å². The van der Waals surface area contributed by atoms with Crippen LogP contribution >= 0.6 is 23.2 Å². The molecule has 0 heterocycles. The third kappa shape index (κ3) is 3.25. The number of carbonyl (C=O) groups excluding carboxylic acids is 1. The first-order valence-corrected chi connectivity index (χ1v) is 6.03. The highest BCUT2D eigenvalue weighted by Crippen LogP contribution is 2.28. The molecule has 19 heavy (non-hydrogen) atoms. The van der Waals surface area contributed by atoms with Gasteiger partial charge in [0.05, 0.1) is 22.2 Å². The zero-order valence-corrected chi connectivity index (χ0v) is 11.1. The number of hydrogen-bond donors (Lipinski definition) is 0. The number of nitrogens with zero attached hydrogens (tertiary/aromatic N) is 1. The molecule has 0 aliphatic rings. The van der Waals surface area contributed by atoms with Crippen molar-refractivity contribution >= 4 is 29.2 Å². The van der Waals surface area contributed by atoms with Crippen molar-refractivity contribution in [2.75, 3.05) is 0 Å². The van der Waals surface area contributed by atoms with E-state index in [1.165, 1.54) is 30.3 Å². The van der Waals surface area contributed by atoms with Gasteiger partial charge in [0, 0.05) is 11.1 Å². The molecule has 0 fully saturated rings. The van der Waals surface area contributed by atoms with E-state index in [9.17, 15) is 4.79 Å². The maximum Gasteiger partial charge on any atom is 0.343 e. The number of halogens is 2. The van der Waals surface area contributed by atoms with Gasteiger partial charge in [-0.3, -0.25) is 0 Å². The minimum absolute atomic E-state index is 0.198. The summed E-state index contributed by atoms with van der Waals surface area (Å²) in [5.41, 5.74) is 0.799. The molecular formula is C14H7Cl2NO2. The van der Waals surface area contributed by atoms with E-state index in [0.717, 1.165) is 0 Å². The van der Waals surface area contributed by atoms with Gasteiger partial charge in [0.15, 0.2) is 5.75 Å². The summed E-state index contributed by atoms with van der Waals surface area (Å²) in [5.74, 6) is -0.364. The molecule has 2 aromatic rings. The SMILES string of the molecule is N#Cc1ccc(C(=O)Oc2cc(Cl)ccc2Cl)cc1. The monoisotopic (exact) mass is 291 g/mol. The molecule has 0 saturated heterocycles. The Balaban J connectivity index is 2.21. The molecule has 0 amide bonds. The van der Waals surface area contributed by atoms with E-state index in [4.69, 9.17) is 33.2 Å². The Bertz CT molecular complexity index is 660. The minimum atomic E-state index is -0.561. The number of ether oxygens (including phenoxy) is 1. The zero-order valence-electron chi connectivity index (χ0n) is 9.56. The van der Waals surface area contributed by atoms with Crippen LogP contribution in [0.5, 0.6) is 5.75 Å². The molecule has 3 nitrogen and oxygen atoms in total. The normalized spacial score (nSPS) is 9.74. The number of nitriles is 1. The van der Waals surface area contributed by atoms with Crippen LogP contribution in [-0.2, 0) is 0 Å². The Kier molecular flexibility index (Phi) is 4.06. The molecule has 0 N–H and O–H groups in total. The highest BCUT2D eigenvalue weighted by atomic mass is 35.5. The molecule has 2 rings (SSSR count). The molecule has 0 atom stereocenters. The lowest BCUT2D eigenvalue weighted by Crippen LogP contribution is -2.08. The molecule has 0 aliphatic heterocycles. The van der Waals surface area contributed by atoms with Crippen molar-refractivity contribution in [2.45, 2.75) is 0 Å². The average Bonchev–Trinajstić information content (AvgIpc) is 2.43. The van der Waals surface area contributed by atoms with Crippen molar-refractivity contribution in [1.29, 1.82) is 5.26 Å². The predicted octanol–water partition coefficient (Wildman–Crippen LogP) is 4.08. The van der Waals surface area contributed by atoms with Gasteiger partial charge in [0.2, 0.25) is 0 Å². The Morgan fingerprint density at radius 2 is 1.79 bits per heavy atom. The van der Waals surface area contributed by atoms with Gasteiger partial charge in [-0.1, -0.05) is 23.2 Å². The van der Waals surface area contributed by atoms with Gasteiger partial charge >= 0.3 is 5.97 Å². The number of hydrogen-bond acceptors (Lipinski definition) is 3. The molecule has 0 aromatic heterocycles. The summed E-state index contributed by atoms with van der Waals surface area (Å²) >= 11 is 11.7. The van der Waals surface area contributed by atoms with E-state index in [1.54, 1.807) is 12.1 Å². The first kappa shape index (κ1) is 13.4. The number of carbonyl (C=O) groups is 1. The first-order valence-electron chi connectivity index (χ1n) is 5.27. The molecule has 94 valence electrons. The van der Waals surface area contributed by atoms with Crippen molar-refractivity contribution in [3.8, 4) is 11.8 Å². The number of esters is 1. The standard InChI is InChI=1S/C14H7Cl2NO2/c15-11-5-6-12(16)13(7-11)19-14(18)10-3-1-9(8-17)2-4-10/h1-7H. The Labute approximate surface area is 119 Å². The van der Waals surface area contributed by atoms with Gasteiger partial charge in [-0.05, 0) is 36.4 Å². The van der Waals surface area contributed by atoms with Crippen LogP contribution in [-0.4, -0.2) is 5.97 Å². The predicted molar refractivity (Wildman–Crippen MR) is 72.6 cm³/mol. The fourth-order valence-corrected chi connectivity index (χ4v) is 1.71. The second-order valence-corrected chi connectivity index (χ2v) is 4.50. The summed E-state index contributed by atoms with van der Waals surface area (Å²) in [5, 5.41) is 9.39. The Hall–Kier alpha value is -2.02. The van der Waals surface area contributed by atoms with Gasteiger partial charge < -0.3 is 4.74 Å². The topological polar surface area (TPSA) is 50.1 Å². The minimum Gasteiger partial charge on any atom is -0.421 e. The first-order chi connectivity index (χ1) is 9.10. The maximum atomic E-state index is 11.9. The van der Waals surface area contributed by atoms with Gasteiger partial charge in [-0.2, -0.15) is 5.26 Å². The summed E-state index contributed by atoms with van der Waals surface area (Å²) in [6.07, 6.45) is 0. The lowest BCUT2D eigenvalue weighted by molar-refractivity contribution is 0.0735. The highest BCUT2D eigenvalue weighted by molar-refractivity contribution is 6.34. The molecule has 2 aromatic carbocycles. The maximum absolute atomic E-state index is 11.9. The fourth-order valence-electron chi connectivity index (χ4n) is 1.40. The molecule has 0 unspecified atom stereocenters. The Morgan fingerprint density at radius 1 is 1.11 bits per heavy atom. The van der Waals surface area contributed by atoms with E-state index < -0.39 is 5.97 Å². The second-order valence-electron chi connectivity index (χ2n) is 3.65. The molecule has 0 spiro atoms. The summed E-state index contributed by atoms with van der Waals surface area (Å²) < 4.78 is 5.15. The summed E-state index contributed by atoms with van der Waals surface area (Å²) in [6, 6.07) is 12.7. The van der Waals surface area contributed by atoms with Crippen molar-refractivity contribution in [1.82, 2.24) is 0 Å². The molecule has 5 heteroatoms. The largest absolute Gasteiger partial charge is 0.421 e. The van der Waals surface area contributed by atoms with E-state index in [0.29, 0.717) is 21.2 Å². The van der Waals surface area contributed by atoms with Gasteiger partial charge in [0.25, 0.3) is 0 Å². The average molecular weight is 292 g/mol. The third-order valence-electron chi connectivity index (χ3n) is 2.35. The fraction of sp³-hybridized carbons (Fsp3) is 0. The molecule has 0 bridgehead atoms. The van der Waals surface area contributed by atoms with Crippen LogP contribution in [0.15, 0.2) is 42.5 Å². The molecule has 0 aliphatic carbocycles. The molecular weight excluding hydrogens is 285 g/mol. The van der Waals surface area contributed by atoms with Gasteiger partial charge in [-0.15, -0.1) is 0 Å². The lowest BCUT2D eigenvalue weighted by Gasteiger charge is -2.06.